The van der Waals surface area contributed by atoms with Gasteiger partial charge in [0.1, 0.15) is 0 Å². The van der Waals surface area contributed by atoms with E-state index in [1.54, 1.807) is 18.1 Å². The molecule has 0 atom stereocenters. The molecule has 23 heavy (non-hydrogen) atoms. The van der Waals surface area contributed by atoms with Crippen molar-refractivity contribution in [3.05, 3.63) is 70.6 Å². The molecule has 0 saturated carbocycles. The van der Waals surface area contributed by atoms with Gasteiger partial charge in [-0.25, -0.2) is 0 Å². The topological polar surface area (TPSA) is 36.1 Å². The average Bonchev–Trinajstić information content (AvgIpc) is 2.80. The predicted octanol–water partition coefficient (Wildman–Crippen LogP) is 4.33. The van der Waals surface area contributed by atoms with Crippen molar-refractivity contribution in [2.45, 2.75) is 24.2 Å². The quantitative estimate of drug-likeness (QED) is 0.713. The van der Waals surface area contributed by atoms with E-state index in [1.807, 2.05) is 18.2 Å². The molecular formula is C19H18N2OS. The van der Waals surface area contributed by atoms with E-state index in [2.05, 4.69) is 53.5 Å². The molecule has 1 aliphatic heterocycles. The number of pyridine rings is 1. The molecule has 0 bridgehead atoms. The minimum atomic E-state index is -0.0351. The van der Waals surface area contributed by atoms with Crippen molar-refractivity contribution >= 4 is 28.4 Å². The summed E-state index contributed by atoms with van der Waals surface area (Å²) < 4.78 is 2.34. The number of fused-ring (bicyclic) bond motifs is 2. The second-order valence-corrected chi connectivity index (χ2v) is 7.62. The number of nitrogens with one attached hydrogen (secondary N) is 1. The molecular weight excluding hydrogens is 304 g/mol. The second-order valence-electron chi connectivity index (χ2n) is 6.55. The largest absolute Gasteiger partial charge is 0.329 e. The molecule has 2 heterocycles. The molecule has 2 aromatic carbocycles. The van der Waals surface area contributed by atoms with Gasteiger partial charge >= 0.3 is 0 Å². The molecule has 0 fully saturated rings. The summed E-state index contributed by atoms with van der Waals surface area (Å²) in [5.41, 5.74) is 2.74. The maximum Gasteiger partial charge on any atom is 0.255 e. The Morgan fingerprint density at radius 3 is 2.74 bits per heavy atom. The van der Waals surface area contributed by atoms with Crippen LogP contribution in [0.5, 0.6) is 0 Å². The van der Waals surface area contributed by atoms with Gasteiger partial charge in [0, 0.05) is 33.8 Å². The Bertz CT molecular complexity index is 945. The molecule has 4 rings (SSSR count). The lowest BCUT2D eigenvalue weighted by Gasteiger charge is -2.21. The monoisotopic (exact) mass is 322 g/mol. The lowest BCUT2D eigenvalue weighted by Crippen LogP contribution is -2.23. The molecule has 0 radical (unpaired) electrons. The number of aromatic nitrogens is 1. The molecule has 0 amide bonds. The van der Waals surface area contributed by atoms with E-state index in [4.69, 9.17) is 0 Å². The molecule has 0 spiro atoms. The fraction of sp³-hybridized carbons (Fsp3) is 0.211. The van der Waals surface area contributed by atoms with Crippen molar-refractivity contribution in [1.29, 1.82) is 0 Å². The van der Waals surface area contributed by atoms with Crippen molar-refractivity contribution in [3.8, 4) is 0 Å². The first-order chi connectivity index (χ1) is 11.1. The van der Waals surface area contributed by atoms with E-state index < -0.39 is 0 Å². The van der Waals surface area contributed by atoms with Crippen LogP contribution in [0.3, 0.4) is 0 Å². The van der Waals surface area contributed by atoms with E-state index in [9.17, 15) is 4.79 Å². The Morgan fingerprint density at radius 2 is 1.87 bits per heavy atom. The van der Waals surface area contributed by atoms with Crippen LogP contribution in [0.4, 0.5) is 5.69 Å². The number of nitrogens with zero attached hydrogens (tertiary/aromatic N) is 1. The lowest BCUT2D eigenvalue weighted by atomic mass is 9.87. The van der Waals surface area contributed by atoms with Gasteiger partial charge in [-0.05, 0) is 41.8 Å². The van der Waals surface area contributed by atoms with Crippen molar-refractivity contribution in [2.24, 2.45) is 0 Å². The van der Waals surface area contributed by atoms with Crippen LogP contribution >= 0.6 is 11.9 Å². The number of para-hydroxylation sites is 1. The fourth-order valence-electron chi connectivity index (χ4n) is 3.26. The Kier molecular flexibility index (Phi) is 3.23. The van der Waals surface area contributed by atoms with Gasteiger partial charge in [-0.2, -0.15) is 0 Å². The average molecular weight is 322 g/mol. The van der Waals surface area contributed by atoms with Gasteiger partial charge in [0.2, 0.25) is 0 Å². The van der Waals surface area contributed by atoms with Gasteiger partial charge in [0.25, 0.3) is 5.56 Å². The third kappa shape index (κ3) is 2.34. The highest BCUT2D eigenvalue weighted by Crippen LogP contribution is 2.45. The molecule has 4 heteroatoms. The SMILES string of the molecule is CC1(C)CN(Sc2cccc3c(=O)[nH]ccc23)c2ccccc21. The first-order valence-corrected chi connectivity index (χ1v) is 8.49. The first-order valence-electron chi connectivity index (χ1n) is 7.72. The molecule has 3 aromatic rings. The van der Waals surface area contributed by atoms with Gasteiger partial charge < -0.3 is 9.29 Å². The summed E-state index contributed by atoms with van der Waals surface area (Å²) in [6.07, 6.45) is 1.72. The Labute approximate surface area is 139 Å². The second kappa shape index (κ2) is 5.17. The molecule has 3 nitrogen and oxygen atoms in total. The van der Waals surface area contributed by atoms with Gasteiger partial charge in [0.05, 0.1) is 5.69 Å². The highest BCUT2D eigenvalue weighted by Gasteiger charge is 2.35. The summed E-state index contributed by atoms with van der Waals surface area (Å²) in [6.45, 7) is 5.51. The summed E-state index contributed by atoms with van der Waals surface area (Å²) >= 11 is 1.71. The molecule has 116 valence electrons. The van der Waals surface area contributed by atoms with Crippen molar-refractivity contribution in [1.82, 2.24) is 4.98 Å². The third-order valence-corrected chi connectivity index (χ3v) is 5.52. The van der Waals surface area contributed by atoms with Crippen LogP contribution in [0.25, 0.3) is 10.8 Å². The molecule has 0 unspecified atom stereocenters. The van der Waals surface area contributed by atoms with Gasteiger partial charge in [-0.15, -0.1) is 0 Å². The van der Waals surface area contributed by atoms with E-state index in [0.29, 0.717) is 0 Å². The summed E-state index contributed by atoms with van der Waals surface area (Å²) in [5.74, 6) is 0. The predicted molar refractivity (Wildman–Crippen MR) is 97.2 cm³/mol. The van der Waals surface area contributed by atoms with Crippen LogP contribution in [-0.2, 0) is 5.41 Å². The summed E-state index contributed by atoms with van der Waals surface area (Å²) in [4.78, 5) is 15.8. The third-order valence-electron chi connectivity index (χ3n) is 4.42. The highest BCUT2D eigenvalue weighted by atomic mass is 32.2. The Morgan fingerprint density at radius 1 is 1.04 bits per heavy atom. The maximum atomic E-state index is 12.0. The lowest BCUT2D eigenvalue weighted by molar-refractivity contribution is 0.576. The van der Waals surface area contributed by atoms with Crippen LogP contribution in [0.15, 0.2) is 64.4 Å². The van der Waals surface area contributed by atoms with Gasteiger partial charge in [-0.3, -0.25) is 4.79 Å². The molecule has 0 aliphatic carbocycles. The van der Waals surface area contributed by atoms with Crippen LogP contribution in [0, 0.1) is 0 Å². The Balaban J connectivity index is 1.79. The molecule has 1 N–H and O–H groups in total. The summed E-state index contributed by atoms with van der Waals surface area (Å²) in [7, 11) is 0. The van der Waals surface area contributed by atoms with Crippen LogP contribution in [0.1, 0.15) is 19.4 Å². The number of benzene rings is 2. The van der Waals surface area contributed by atoms with Crippen LogP contribution in [0.2, 0.25) is 0 Å². The minimum Gasteiger partial charge on any atom is -0.329 e. The van der Waals surface area contributed by atoms with E-state index >= 15 is 0 Å². The zero-order chi connectivity index (χ0) is 16.0. The zero-order valence-corrected chi connectivity index (χ0v) is 14.0. The van der Waals surface area contributed by atoms with Crippen LogP contribution in [-0.4, -0.2) is 11.5 Å². The summed E-state index contributed by atoms with van der Waals surface area (Å²) in [5, 5.41) is 1.74. The summed E-state index contributed by atoms with van der Waals surface area (Å²) in [6, 6.07) is 16.5. The first kappa shape index (κ1) is 14.4. The standard InChI is InChI=1S/C19H18N2OS/c1-19(2)12-21(16-8-4-3-7-15(16)19)23-17-9-5-6-14-13(17)10-11-20-18(14)22/h3-11H,12H2,1-2H3,(H,20,22). The van der Waals surface area contributed by atoms with Crippen molar-refractivity contribution in [2.75, 3.05) is 10.8 Å². The highest BCUT2D eigenvalue weighted by molar-refractivity contribution is 8.00. The molecule has 1 aromatic heterocycles. The minimum absolute atomic E-state index is 0.0351. The Hall–Kier alpha value is -2.20. The van der Waals surface area contributed by atoms with Gasteiger partial charge in [-0.1, -0.05) is 38.1 Å². The normalized spacial score (nSPS) is 15.8. The number of anilines is 1. The zero-order valence-electron chi connectivity index (χ0n) is 13.2. The number of H-pyrrole nitrogens is 1. The number of rotatable bonds is 2. The van der Waals surface area contributed by atoms with E-state index in [1.165, 1.54) is 11.3 Å². The van der Waals surface area contributed by atoms with E-state index in [-0.39, 0.29) is 11.0 Å². The molecule has 0 saturated heterocycles. The molecule has 1 aliphatic rings. The van der Waals surface area contributed by atoms with Crippen molar-refractivity contribution < 1.29 is 0 Å². The smallest absolute Gasteiger partial charge is 0.255 e. The van der Waals surface area contributed by atoms with Gasteiger partial charge in [0.15, 0.2) is 0 Å². The van der Waals surface area contributed by atoms with Crippen molar-refractivity contribution in [3.63, 3.8) is 0 Å². The fourth-order valence-corrected chi connectivity index (χ4v) is 4.56. The number of hydrogen-bond donors (Lipinski definition) is 1. The number of hydrogen-bond acceptors (Lipinski definition) is 3. The number of aromatic amines is 1. The maximum absolute atomic E-state index is 12.0. The van der Waals surface area contributed by atoms with E-state index in [0.717, 1.165) is 22.2 Å². The van der Waals surface area contributed by atoms with Crippen LogP contribution < -0.4 is 9.86 Å².